The van der Waals surface area contributed by atoms with Gasteiger partial charge in [-0.2, -0.15) is 0 Å². The Kier molecular flexibility index (Phi) is 4.30. The van der Waals surface area contributed by atoms with E-state index in [-0.39, 0.29) is 23.8 Å². The minimum atomic E-state index is -0.404. The Balaban J connectivity index is 1.38. The number of hydrogen-bond acceptors (Lipinski definition) is 6. The topological polar surface area (TPSA) is 133 Å². The zero-order chi connectivity index (χ0) is 18.8. The molecule has 4 rings (SSSR count). The monoisotopic (exact) mass is 383 g/mol. The van der Waals surface area contributed by atoms with Crippen molar-refractivity contribution in [1.82, 2.24) is 15.0 Å². The quantitative estimate of drug-likeness (QED) is 0.420. The maximum absolute atomic E-state index is 12.2. The number of carbonyl (C=O) groups excluding carboxylic acids is 2. The van der Waals surface area contributed by atoms with Gasteiger partial charge in [0.15, 0.2) is 10.9 Å². The van der Waals surface area contributed by atoms with Crippen molar-refractivity contribution in [3.05, 3.63) is 63.9 Å². The van der Waals surface area contributed by atoms with E-state index in [1.165, 1.54) is 17.6 Å². The number of aromatic amines is 2. The fraction of sp³-hybridized carbons (Fsp3) is 0.0588. The van der Waals surface area contributed by atoms with Gasteiger partial charge in [-0.15, -0.1) is 11.3 Å². The first-order chi connectivity index (χ1) is 13.1. The Morgan fingerprint density at radius 1 is 1.15 bits per heavy atom. The van der Waals surface area contributed by atoms with E-state index in [2.05, 4.69) is 25.6 Å². The van der Waals surface area contributed by atoms with Gasteiger partial charge in [0.05, 0.1) is 29.4 Å². The Hall–Kier alpha value is -3.66. The SMILES string of the molecule is O=C(Cc1csc(NC(=O)c2ccco2)n1)Nc1ccc2[nH]c(=O)[nH]c2c1. The second-order valence-electron chi connectivity index (χ2n) is 5.64. The van der Waals surface area contributed by atoms with Crippen LogP contribution in [0.1, 0.15) is 16.2 Å². The lowest BCUT2D eigenvalue weighted by Gasteiger charge is -2.04. The average molecular weight is 383 g/mol. The van der Waals surface area contributed by atoms with E-state index in [1.807, 2.05) is 0 Å². The van der Waals surface area contributed by atoms with Crippen LogP contribution in [0.15, 0.2) is 51.2 Å². The number of carbonyl (C=O) groups is 2. The molecule has 0 saturated heterocycles. The van der Waals surface area contributed by atoms with Crippen LogP contribution in [0.25, 0.3) is 11.0 Å². The fourth-order valence-corrected chi connectivity index (χ4v) is 3.20. The normalized spacial score (nSPS) is 10.8. The van der Waals surface area contributed by atoms with Crippen LogP contribution in [0.2, 0.25) is 0 Å². The molecule has 0 unspecified atom stereocenters. The molecule has 4 aromatic rings. The van der Waals surface area contributed by atoms with Crippen molar-refractivity contribution >= 4 is 45.0 Å². The summed E-state index contributed by atoms with van der Waals surface area (Å²) in [6, 6.07) is 8.23. The lowest BCUT2D eigenvalue weighted by Crippen LogP contribution is -2.15. The zero-order valence-electron chi connectivity index (χ0n) is 13.7. The van der Waals surface area contributed by atoms with E-state index in [4.69, 9.17) is 4.42 Å². The average Bonchev–Trinajstić information content (AvgIpc) is 3.34. The van der Waals surface area contributed by atoms with Crippen molar-refractivity contribution in [2.45, 2.75) is 6.42 Å². The van der Waals surface area contributed by atoms with E-state index in [0.717, 1.165) is 0 Å². The van der Waals surface area contributed by atoms with E-state index in [0.29, 0.717) is 27.5 Å². The van der Waals surface area contributed by atoms with Gasteiger partial charge in [0, 0.05) is 11.1 Å². The largest absolute Gasteiger partial charge is 0.459 e. The van der Waals surface area contributed by atoms with Gasteiger partial charge in [-0.25, -0.2) is 9.78 Å². The number of hydrogen-bond donors (Lipinski definition) is 4. The number of benzene rings is 1. The number of H-pyrrole nitrogens is 2. The van der Waals surface area contributed by atoms with Gasteiger partial charge in [0.1, 0.15) is 0 Å². The molecule has 0 bridgehead atoms. The van der Waals surface area contributed by atoms with Crippen LogP contribution in [0, 0.1) is 0 Å². The van der Waals surface area contributed by atoms with E-state index in [9.17, 15) is 14.4 Å². The number of aromatic nitrogens is 3. The zero-order valence-corrected chi connectivity index (χ0v) is 14.6. The molecule has 1 aromatic carbocycles. The maximum atomic E-state index is 12.2. The summed E-state index contributed by atoms with van der Waals surface area (Å²) < 4.78 is 5.01. The number of rotatable bonds is 5. The first-order valence-corrected chi connectivity index (χ1v) is 8.76. The highest BCUT2D eigenvalue weighted by Crippen LogP contribution is 2.18. The molecule has 0 aliphatic heterocycles. The molecule has 0 aliphatic carbocycles. The first-order valence-electron chi connectivity index (χ1n) is 7.88. The molecule has 10 heteroatoms. The highest BCUT2D eigenvalue weighted by atomic mass is 32.1. The molecule has 3 aromatic heterocycles. The number of thiazole rings is 1. The van der Waals surface area contributed by atoms with Gasteiger partial charge >= 0.3 is 5.69 Å². The molecule has 0 fully saturated rings. The molecule has 0 atom stereocenters. The molecular formula is C17H13N5O4S. The minimum absolute atomic E-state index is 0.0504. The standard InChI is InChI=1S/C17H13N5O4S/c23-14(18-9-3-4-11-12(6-9)21-16(25)20-11)7-10-8-27-17(19-10)22-15(24)13-2-1-5-26-13/h1-6,8H,7H2,(H,18,23)(H,19,22,24)(H2,20,21,25). The maximum Gasteiger partial charge on any atom is 0.323 e. The van der Waals surface area contributed by atoms with Crippen molar-refractivity contribution in [2.24, 2.45) is 0 Å². The van der Waals surface area contributed by atoms with Crippen LogP contribution in [-0.4, -0.2) is 26.8 Å². The van der Waals surface area contributed by atoms with E-state index >= 15 is 0 Å². The molecule has 0 radical (unpaired) electrons. The van der Waals surface area contributed by atoms with Crippen molar-refractivity contribution < 1.29 is 14.0 Å². The predicted octanol–water partition coefficient (Wildman–Crippen LogP) is 2.34. The molecule has 0 aliphatic rings. The number of imidazole rings is 1. The molecule has 27 heavy (non-hydrogen) atoms. The second kappa shape index (κ2) is 6.92. The highest BCUT2D eigenvalue weighted by molar-refractivity contribution is 7.14. The second-order valence-corrected chi connectivity index (χ2v) is 6.50. The van der Waals surface area contributed by atoms with Gasteiger partial charge in [-0.05, 0) is 30.3 Å². The molecule has 2 amide bonds. The number of amides is 2. The molecular weight excluding hydrogens is 370 g/mol. The van der Waals surface area contributed by atoms with Crippen LogP contribution in [-0.2, 0) is 11.2 Å². The van der Waals surface area contributed by atoms with Crippen molar-refractivity contribution in [3.8, 4) is 0 Å². The molecule has 9 nitrogen and oxygen atoms in total. The summed E-state index contributed by atoms with van der Waals surface area (Å²) >= 11 is 1.22. The van der Waals surface area contributed by atoms with Crippen molar-refractivity contribution in [1.29, 1.82) is 0 Å². The van der Waals surface area contributed by atoms with Crippen LogP contribution in [0.4, 0.5) is 10.8 Å². The fourth-order valence-electron chi connectivity index (χ4n) is 2.49. The summed E-state index contributed by atoms with van der Waals surface area (Å²) in [5, 5.41) is 7.45. The molecule has 3 heterocycles. The molecule has 136 valence electrons. The van der Waals surface area contributed by atoms with Crippen molar-refractivity contribution in [2.75, 3.05) is 10.6 Å². The third-order valence-electron chi connectivity index (χ3n) is 3.66. The minimum Gasteiger partial charge on any atom is -0.459 e. The van der Waals surface area contributed by atoms with Gasteiger partial charge < -0.3 is 19.7 Å². The Morgan fingerprint density at radius 2 is 2.00 bits per heavy atom. The number of anilines is 2. The summed E-state index contributed by atoms with van der Waals surface area (Å²) in [6.45, 7) is 0. The van der Waals surface area contributed by atoms with Crippen LogP contribution in [0.3, 0.4) is 0 Å². The van der Waals surface area contributed by atoms with Crippen LogP contribution >= 0.6 is 11.3 Å². The number of furan rings is 1. The number of nitrogens with one attached hydrogen (secondary N) is 4. The Morgan fingerprint density at radius 3 is 2.81 bits per heavy atom. The lowest BCUT2D eigenvalue weighted by molar-refractivity contribution is -0.115. The Labute approximate surface area is 155 Å². The predicted molar refractivity (Wildman–Crippen MR) is 100 cm³/mol. The Bertz CT molecular complexity index is 1170. The summed E-state index contributed by atoms with van der Waals surface area (Å²) in [6.07, 6.45) is 1.46. The number of fused-ring (bicyclic) bond motifs is 1. The first kappa shape index (κ1) is 16.8. The summed E-state index contributed by atoms with van der Waals surface area (Å²) in [5.41, 5.74) is 2.05. The molecule has 4 N–H and O–H groups in total. The van der Waals surface area contributed by atoms with Gasteiger partial charge in [0.25, 0.3) is 5.91 Å². The third-order valence-corrected chi connectivity index (χ3v) is 4.47. The third kappa shape index (κ3) is 3.80. The van der Waals surface area contributed by atoms with Crippen LogP contribution < -0.4 is 16.3 Å². The van der Waals surface area contributed by atoms with E-state index in [1.54, 1.807) is 35.7 Å². The van der Waals surface area contributed by atoms with Crippen LogP contribution in [0.5, 0.6) is 0 Å². The van der Waals surface area contributed by atoms with Gasteiger partial charge in [-0.3, -0.25) is 14.9 Å². The summed E-state index contributed by atoms with van der Waals surface area (Å²) in [4.78, 5) is 44.9. The summed E-state index contributed by atoms with van der Waals surface area (Å²) in [7, 11) is 0. The molecule has 0 saturated carbocycles. The lowest BCUT2D eigenvalue weighted by atomic mass is 10.2. The van der Waals surface area contributed by atoms with Gasteiger partial charge in [0.2, 0.25) is 5.91 Å². The smallest absolute Gasteiger partial charge is 0.323 e. The molecule has 0 spiro atoms. The highest BCUT2D eigenvalue weighted by Gasteiger charge is 2.13. The van der Waals surface area contributed by atoms with Gasteiger partial charge in [-0.1, -0.05) is 0 Å². The number of nitrogens with zero attached hydrogens (tertiary/aromatic N) is 1. The van der Waals surface area contributed by atoms with Crippen molar-refractivity contribution in [3.63, 3.8) is 0 Å². The summed E-state index contributed by atoms with van der Waals surface area (Å²) in [5.74, 6) is -0.483. The van der Waals surface area contributed by atoms with E-state index < -0.39 is 5.91 Å².